The predicted octanol–water partition coefficient (Wildman–Crippen LogP) is 2.39. The SMILES string of the molecule is CCc1cc(=O)[nH]c(-c2ccc(NCC(=O)N3CCc4ccccc4C3)nc2)n1. The molecule has 4 rings (SSSR count). The van der Waals surface area contributed by atoms with Crippen molar-refractivity contribution >= 4 is 11.7 Å². The monoisotopic (exact) mass is 389 g/mol. The number of H-pyrrole nitrogens is 1. The molecule has 0 unspecified atom stereocenters. The normalized spacial score (nSPS) is 13.1. The first-order valence-electron chi connectivity index (χ1n) is 9.77. The minimum absolute atomic E-state index is 0.0482. The van der Waals surface area contributed by atoms with Gasteiger partial charge in [-0.05, 0) is 36.1 Å². The van der Waals surface area contributed by atoms with Crippen molar-refractivity contribution in [2.24, 2.45) is 0 Å². The van der Waals surface area contributed by atoms with E-state index in [1.165, 1.54) is 17.2 Å². The number of nitrogens with zero attached hydrogens (tertiary/aromatic N) is 3. The van der Waals surface area contributed by atoms with Crippen LogP contribution in [-0.4, -0.2) is 38.8 Å². The van der Waals surface area contributed by atoms with E-state index in [1.54, 1.807) is 12.3 Å². The Labute approximate surface area is 168 Å². The first-order valence-corrected chi connectivity index (χ1v) is 9.77. The van der Waals surface area contributed by atoms with Gasteiger partial charge in [0.25, 0.3) is 5.56 Å². The molecule has 0 saturated carbocycles. The summed E-state index contributed by atoms with van der Waals surface area (Å²) in [4.78, 5) is 37.7. The summed E-state index contributed by atoms with van der Waals surface area (Å²) in [6.45, 7) is 3.52. The van der Waals surface area contributed by atoms with Crippen LogP contribution >= 0.6 is 0 Å². The summed E-state index contributed by atoms with van der Waals surface area (Å²) < 4.78 is 0. The molecule has 1 aromatic carbocycles. The van der Waals surface area contributed by atoms with Gasteiger partial charge in [0.15, 0.2) is 0 Å². The Morgan fingerprint density at radius 1 is 1.21 bits per heavy atom. The number of carbonyl (C=O) groups excluding carboxylic acids is 1. The summed E-state index contributed by atoms with van der Waals surface area (Å²) in [6.07, 6.45) is 3.21. The predicted molar refractivity (Wildman–Crippen MR) is 112 cm³/mol. The third-order valence-electron chi connectivity index (χ3n) is 5.10. The lowest BCUT2D eigenvalue weighted by Crippen LogP contribution is -2.39. The van der Waals surface area contributed by atoms with Gasteiger partial charge in [0.1, 0.15) is 11.6 Å². The fourth-order valence-corrected chi connectivity index (χ4v) is 3.45. The van der Waals surface area contributed by atoms with Gasteiger partial charge < -0.3 is 15.2 Å². The lowest BCUT2D eigenvalue weighted by Gasteiger charge is -2.29. The Morgan fingerprint density at radius 2 is 2.03 bits per heavy atom. The van der Waals surface area contributed by atoms with Crippen LogP contribution in [0.1, 0.15) is 23.7 Å². The fourth-order valence-electron chi connectivity index (χ4n) is 3.45. The summed E-state index contributed by atoms with van der Waals surface area (Å²) in [5.74, 6) is 1.15. The van der Waals surface area contributed by atoms with Crippen molar-refractivity contribution in [2.45, 2.75) is 26.3 Å². The molecular weight excluding hydrogens is 366 g/mol. The number of aryl methyl sites for hydroxylation is 1. The lowest BCUT2D eigenvalue weighted by atomic mass is 10.00. The molecule has 0 spiro atoms. The highest BCUT2D eigenvalue weighted by Gasteiger charge is 2.20. The number of hydrogen-bond acceptors (Lipinski definition) is 5. The van der Waals surface area contributed by atoms with Gasteiger partial charge in [-0.25, -0.2) is 9.97 Å². The summed E-state index contributed by atoms with van der Waals surface area (Å²) in [7, 11) is 0. The fraction of sp³-hybridized carbons (Fsp3) is 0.273. The molecule has 0 saturated heterocycles. The van der Waals surface area contributed by atoms with E-state index < -0.39 is 0 Å². The smallest absolute Gasteiger partial charge is 0.251 e. The maximum absolute atomic E-state index is 12.6. The highest BCUT2D eigenvalue weighted by Crippen LogP contribution is 2.19. The Balaban J connectivity index is 1.38. The number of fused-ring (bicyclic) bond motifs is 1. The van der Waals surface area contributed by atoms with E-state index in [0.717, 1.165) is 24.2 Å². The topological polar surface area (TPSA) is 91.0 Å². The molecule has 2 N–H and O–H groups in total. The zero-order chi connectivity index (χ0) is 20.2. The quantitative estimate of drug-likeness (QED) is 0.699. The van der Waals surface area contributed by atoms with Gasteiger partial charge in [-0.15, -0.1) is 0 Å². The number of nitrogens with one attached hydrogen (secondary N) is 2. The van der Waals surface area contributed by atoms with Crippen molar-refractivity contribution in [2.75, 3.05) is 18.4 Å². The molecule has 29 heavy (non-hydrogen) atoms. The third kappa shape index (κ3) is 4.34. The summed E-state index contributed by atoms with van der Waals surface area (Å²) in [5, 5.41) is 3.08. The van der Waals surface area contributed by atoms with Gasteiger partial charge in [-0.2, -0.15) is 0 Å². The molecule has 2 aromatic heterocycles. The average molecular weight is 389 g/mol. The largest absolute Gasteiger partial charge is 0.361 e. The standard InChI is InChI=1S/C22H23N5O2/c1-2-18-11-20(28)26-22(25-18)16-7-8-19(23-12-16)24-13-21(29)27-10-9-15-5-3-4-6-17(15)14-27/h3-8,11-12H,2,9-10,13-14H2,1H3,(H,23,24)(H,25,26,28). The van der Waals surface area contributed by atoms with Gasteiger partial charge in [0, 0.05) is 36.6 Å². The molecule has 3 heterocycles. The van der Waals surface area contributed by atoms with Crippen LogP contribution in [0.15, 0.2) is 53.5 Å². The Hall–Kier alpha value is -3.48. The van der Waals surface area contributed by atoms with Crippen LogP contribution < -0.4 is 10.9 Å². The zero-order valence-corrected chi connectivity index (χ0v) is 16.3. The first-order chi connectivity index (χ1) is 14.1. The number of anilines is 1. The van der Waals surface area contributed by atoms with E-state index in [4.69, 9.17) is 0 Å². The molecule has 0 atom stereocenters. The van der Waals surface area contributed by atoms with Crippen LogP contribution in [0.3, 0.4) is 0 Å². The number of rotatable bonds is 5. The molecular formula is C22H23N5O2. The molecule has 1 amide bonds. The summed E-state index contributed by atoms with van der Waals surface area (Å²) >= 11 is 0. The maximum atomic E-state index is 12.6. The molecule has 0 fully saturated rings. The molecule has 7 heteroatoms. The van der Waals surface area contributed by atoms with Gasteiger partial charge in [-0.3, -0.25) is 9.59 Å². The van der Waals surface area contributed by atoms with Gasteiger partial charge in [-0.1, -0.05) is 31.2 Å². The van der Waals surface area contributed by atoms with E-state index in [9.17, 15) is 9.59 Å². The van der Waals surface area contributed by atoms with Crippen molar-refractivity contribution in [3.8, 4) is 11.4 Å². The average Bonchev–Trinajstić information content (AvgIpc) is 2.77. The van der Waals surface area contributed by atoms with Crippen molar-refractivity contribution in [3.63, 3.8) is 0 Å². The molecule has 1 aliphatic heterocycles. The number of hydrogen-bond donors (Lipinski definition) is 2. The van der Waals surface area contributed by atoms with Crippen molar-refractivity contribution in [3.05, 3.63) is 75.8 Å². The lowest BCUT2D eigenvalue weighted by molar-refractivity contribution is -0.130. The van der Waals surface area contributed by atoms with Crippen molar-refractivity contribution in [1.82, 2.24) is 19.9 Å². The molecule has 1 aliphatic rings. The minimum atomic E-state index is -0.178. The Bertz CT molecular complexity index is 1080. The van der Waals surface area contributed by atoms with Gasteiger partial charge in [0.05, 0.1) is 6.54 Å². The van der Waals surface area contributed by atoms with Crippen LogP contribution in [-0.2, 0) is 24.2 Å². The van der Waals surface area contributed by atoms with E-state index >= 15 is 0 Å². The van der Waals surface area contributed by atoms with E-state index in [2.05, 4.69) is 32.4 Å². The molecule has 3 aromatic rings. The van der Waals surface area contributed by atoms with E-state index in [1.807, 2.05) is 30.0 Å². The highest BCUT2D eigenvalue weighted by atomic mass is 16.2. The number of amides is 1. The third-order valence-corrected chi connectivity index (χ3v) is 5.10. The number of carbonyl (C=O) groups is 1. The van der Waals surface area contributed by atoms with Gasteiger partial charge >= 0.3 is 0 Å². The second-order valence-electron chi connectivity index (χ2n) is 7.06. The second kappa shape index (κ2) is 8.26. The minimum Gasteiger partial charge on any atom is -0.361 e. The van der Waals surface area contributed by atoms with Crippen LogP contribution in [0.2, 0.25) is 0 Å². The number of benzene rings is 1. The second-order valence-corrected chi connectivity index (χ2v) is 7.06. The molecule has 7 nitrogen and oxygen atoms in total. The first kappa shape index (κ1) is 18.9. The highest BCUT2D eigenvalue weighted by molar-refractivity contribution is 5.81. The van der Waals surface area contributed by atoms with E-state index in [-0.39, 0.29) is 18.0 Å². The molecule has 0 aliphatic carbocycles. The number of aromatic amines is 1. The van der Waals surface area contributed by atoms with Crippen LogP contribution in [0.5, 0.6) is 0 Å². The van der Waals surface area contributed by atoms with Gasteiger partial charge in [0.2, 0.25) is 5.91 Å². The van der Waals surface area contributed by atoms with Crippen LogP contribution in [0, 0.1) is 0 Å². The molecule has 148 valence electrons. The Kier molecular flexibility index (Phi) is 5.37. The molecule has 0 bridgehead atoms. The molecule has 0 radical (unpaired) electrons. The number of pyridine rings is 1. The summed E-state index contributed by atoms with van der Waals surface area (Å²) in [5.41, 5.74) is 3.82. The van der Waals surface area contributed by atoms with Crippen molar-refractivity contribution < 1.29 is 4.79 Å². The van der Waals surface area contributed by atoms with E-state index in [0.29, 0.717) is 24.6 Å². The van der Waals surface area contributed by atoms with Crippen LogP contribution in [0.25, 0.3) is 11.4 Å². The Morgan fingerprint density at radius 3 is 2.79 bits per heavy atom. The van der Waals surface area contributed by atoms with Crippen LogP contribution in [0.4, 0.5) is 5.82 Å². The zero-order valence-electron chi connectivity index (χ0n) is 16.3. The maximum Gasteiger partial charge on any atom is 0.251 e. The van der Waals surface area contributed by atoms with Crippen molar-refractivity contribution in [1.29, 1.82) is 0 Å². The number of aromatic nitrogens is 3. The summed E-state index contributed by atoms with van der Waals surface area (Å²) in [6, 6.07) is 13.4.